The van der Waals surface area contributed by atoms with Crippen LogP contribution < -0.4 is 0 Å². The first-order valence-electron chi connectivity index (χ1n) is 4.65. The predicted octanol–water partition coefficient (Wildman–Crippen LogP) is 2.23. The van der Waals surface area contributed by atoms with Crippen molar-refractivity contribution in [3.63, 3.8) is 0 Å². The van der Waals surface area contributed by atoms with Crippen LogP contribution >= 0.6 is 0 Å². The van der Waals surface area contributed by atoms with Crippen molar-refractivity contribution in [2.24, 2.45) is 0 Å². The fourth-order valence-electron chi connectivity index (χ4n) is 1.44. The molecule has 0 unspecified atom stereocenters. The minimum absolute atomic E-state index is 0.0222. The van der Waals surface area contributed by atoms with Gasteiger partial charge in [-0.05, 0) is 18.9 Å². The van der Waals surface area contributed by atoms with E-state index in [-0.39, 0.29) is 28.5 Å². The number of hydrogen-bond acceptors (Lipinski definition) is 3. The van der Waals surface area contributed by atoms with Crippen molar-refractivity contribution in [3.8, 4) is 11.5 Å². The summed E-state index contributed by atoms with van der Waals surface area (Å²) in [5, 5.41) is 28.1. The van der Waals surface area contributed by atoms with Gasteiger partial charge >= 0.3 is 5.97 Å². The minimum atomic E-state index is -1.11. The predicted molar refractivity (Wildman–Crippen MR) is 55.6 cm³/mol. The molecule has 0 aromatic heterocycles. The molecule has 0 heterocycles. The summed E-state index contributed by atoms with van der Waals surface area (Å²) in [6.45, 7) is 5.09. The highest BCUT2D eigenvalue weighted by Crippen LogP contribution is 2.38. The molecule has 0 amide bonds. The molecular weight excluding hydrogens is 196 g/mol. The van der Waals surface area contributed by atoms with Crippen LogP contribution in [0.1, 0.15) is 41.3 Å². The lowest BCUT2D eigenvalue weighted by Crippen LogP contribution is -2.02. The zero-order valence-corrected chi connectivity index (χ0v) is 8.90. The van der Waals surface area contributed by atoms with E-state index in [0.29, 0.717) is 5.56 Å². The standard InChI is InChI=1S/C11H14O4/c1-5(2)7-4-8(11(14)15)6(3)9(12)10(7)13/h4-5,12-13H,1-3H3,(H,14,15). The summed E-state index contributed by atoms with van der Waals surface area (Å²) in [7, 11) is 0. The minimum Gasteiger partial charge on any atom is -0.504 e. The number of phenolic OH excluding ortho intramolecular Hbond substituents is 2. The van der Waals surface area contributed by atoms with Crippen molar-refractivity contribution in [3.05, 3.63) is 22.8 Å². The number of carboxylic acid groups (broad SMARTS) is 1. The molecule has 1 aromatic rings. The third-order valence-electron chi connectivity index (χ3n) is 2.41. The summed E-state index contributed by atoms with van der Waals surface area (Å²) in [4.78, 5) is 10.9. The molecule has 0 aliphatic heterocycles. The maximum atomic E-state index is 10.9. The van der Waals surface area contributed by atoms with Crippen molar-refractivity contribution >= 4 is 5.97 Å². The van der Waals surface area contributed by atoms with E-state index < -0.39 is 5.97 Å². The van der Waals surface area contributed by atoms with E-state index in [4.69, 9.17) is 5.11 Å². The third kappa shape index (κ3) is 1.88. The number of phenols is 2. The lowest BCUT2D eigenvalue weighted by atomic mass is 9.95. The zero-order chi connectivity index (χ0) is 11.7. The van der Waals surface area contributed by atoms with Crippen molar-refractivity contribution < 1.29 is 20.1 Å². The fourth-order valence-corrected chi connectivity index (χ4v) is 1.44. The first kappa shape index (κ1) is 11.4. The summed E-state index contributed by atoms with van der Waals surface area (Å²) in [6.07, 6.45) is 0. The first-order chi connectivity index (χ1) is 6.86. The second kappa shape index (κ2) is 3.81. The van der Waals surface area contributed by atoms with Crippen molar-refractivity contribution in [1.29, 1.82) is 0 Å². The van der Waals surface area contributed by atoms with Crippen LogP contribution in [0, 0.1) is 6.92 Å². The third-order valence-corrected chi connectivity index (χ3v) is 2.41. The van der Waals surface area contributed by atoms with Gasteiger partial charge in [0.05, 0.1) is 5.56 Å². The molecule has 82 valence electrons. The van der Waals surface area contributed by atoms with Crippen LogP contribution in [0.15, 0.2) is 6.07 Å². The van der Waals surface area contributed by atoms with Crippen LogP contribution in [0.5, 0.6) is 11.5 Å². The molecule has 0 spiro atoms. The monoisotopic (exact) mass is 210 g/mol. The van der Waals surface area contributed by atoms with Crippen LogP contribution in [0.25, 0.3) is 0 Å². The average molecular weight is 210 g/mol. The van der Waals surface area contributed by atoms with Crippen molar-refractivity contribution in [2.75, 3.05) is 0 Å². The highest BCUT2D eigenvalue weighted by Gasteiger charge is 2.19. The second-order valence-electron chi connectivity index (χ2n) is 3.80. The summed E-state index contributed by atoms with van der Waals surface area (Å²) >= 11 is 0. The van der Waals surface area contributed by atoms with Crippen LogP contribution in [0.2, 0.25) is 0 Å². The second-order valence-corrected chi connectivity index (χ2v) is 3.80. The molecule has 1 rings (SSSR count). The van der Waals surface area contributed by atoms with E-state index in [1.54, 1.807) is 0 Å². The Kier molecular flexibility index (Phi) is 2.88. The molecule has 0 bridgehead atoms. The van der Waals surface area contributed by atoms with E-state index >= 15 is 0 Å². The Hall–Kier alpha value is -1.71. The molecule has 0 radical (unpaired) electrons. The van der Waals surface area contributed by atoms with Crippen LogP contribution in [0.3, 0.4) is 0 Å². The Morgan fingerprint density at radius 2 is 1.80 bits per heavy atom. The van der Waals surface area contributed by atoms with Crippen LogP contribution in [0.4, 0.5) is 0 Å². The van der Waals surface area contributed by atoms with Gasteiger partial charge in [0.15, 0.2) is 11.5 Å². The first-order valence-corrected chi connectivity index (χ1v) is 4.65. The van der Waals surface area contributed by atoms with Gasteiger partial charge < -0.3 is 15.3 Å². The van der Waals surface area contributed by atoms with Crippen molar-refractivity contribution in [2.45, 2.75) is 26.7 Å². The number of carboxylic acids is 1. The summed E-state index contributed by atoms with van der Waals surface area (Å²) in [5.74, 6) is -1.73. The summed E-state index contributed by atoms with van der Waals surface area (Å²) in [5.41, 5.74) is 0.647. The highest BCUT2D eigenvalue weighted by atomic mass is 16.4. The van der Waals surface area contributed by atoms with Crippen molar-refractivity contribution in [1.82, 2.24) is 0 Å². The Balaban J connectivity index is 3.52. The van der Waals surface area contributed by atoms with Gasteiger partial charge in [-0.1, -0.05) is 13.8 Å². The molecule has 0 saturated carbocycles. The van der Waals surface area contributed by atoms with Gasteiger partial charge in [0.1, 0.15) is 0 Å². The van der Waals surface area contributed by atoms with Gasteiger partial charge in [-0.2, -0.15) is 0 Å². The van der Waals surface area contributed by atoms with Gasteiger partial charge in [-0.25, -0.2) is 4.79 Å². The smallest absolute Gasteiger partial charge is 0.336 e. The highest BCUT2D eigenvalue weighted by molar-refractivity contribution is 5.91. The van der Waals surface area contributed by atoms with Crippen LogP contribution in [-0.4, -0.2) is 21.3 Å². The maximum absolute atomic E-state index is 10.9. The molecule has 0 atom stereocenters. The number of benzene rings is 1. The Bertz CT molecular complexity index is 408. The van der Waals surface area contributed by atoms with Gasteiger partial charge in [-0.15, -0.1) is 0 Å². The molecule has 0 aliphatic rings. The van der Waals surface area contributed by atoms with Gasteiger partial charge in [0.25, 0.3) is 0 Å². The lowest BCUT2D eigenvalue weighted by Gasteiger charge is -2.13. The van der Waals surface area contributed by atoms with Gasteiger partial charge in [-0.3, -0.25) is 0 Å². The molecule has 0 aliphatic carbocycles. The Morgan fingerprint density at radius 1 is 1.27 bits per heavy atom. The molecule has 15 heavy (non-hydrogen) atoms. The Morgan fingerprint density at radius 3 is 2.20 bits per heavy atom. The van der Waals surface area contributed by atoms with E-state index in [1.165, 1.54) is 13.0 Å². The molecule has 0 fully saturated rings. The number of rotatable bonds is 2. The number of hydrogen-bond donors (Lipinski definition) is 3. The van der Waals surface area contributed by atoms with E-state index in [1.807, 2.05) is 13.8 Å². The fraction of sp³-hybridized carbons (Fsp3) is 0.364. The average Bonchev–Trinajstić information content (AvgIpc) is 2.13. The molecular formula is C11H14O4. The maximum Gasteiger partial charge on any atom is 0.336 e. The van der Waals surface area contributed by atoms with Gasteiger partial charge in [0.2, 0.25) is 0 Å². The Labute approximate surface area is 87.8 Å². The number of aromatic carboxylic acids is 1. The molecule has 1 aromatic carbocycles. The molecule has 4 heteroatoms. The topological polar surface area (TPSA) is 77.8 Å². The summed E-state index contributed by atoms with van der Waals surface area (Å²) < 4.78 is 0. The zero-order valence-electron chi connectivity index (χ0n) is 8.90. The van der Waals surface area contributed by atoms with E-state index in [2.05, 4.69) is 0 Å². The molecule has 4 nitrogen and oxygen atoms in total. The summed E-state index contributed by atoms with van der Waals surface area (Å²) in [6, 6.07) is 1.40. The number of carbonyl (C=O) groups is 1. The number of aromatic hydroxyl groups is 2. The van der Waals surface area contributed by atoms with E-state index in [0.717, 1.165) is 0 Å². The van der Waals surface area contributed by atoms with Crippen LogP contribution in [-0.2, 0) is 0 Å². The van der Waals surface area contributed by atoms with Gasteiger partial charge in [0, 0.05) is 11.1 Å². The molecule has 3 N–H and O–H groups in total. The normalized spacial score (nSPS) is 10.7. The quantitative estimate of drug-likeness (QED) is 0.654. The SMILES string of the molecule is Cc1c(C(=O)O)cc(C(C)C)c(O)c1O. The van der Waals surface area contributed by atoms with E-state index in [9.17, 15) is 15.0 Å². The largest absolute Gasteiger partial charge is 0.504 e. The molecule has 0 saturated heterocycles. The lowest BCUT2D eigenvalue weighted by molar-refractivity contribution is 0.0695.